The second-order valence-electron chi connectivity index (χ2n) is 11.9. The molecule has 0 saturated carbocycles. The molecule has 3 aromatic carbocycles. The number of nitrogens with one attached hydrogen (secondary N) is 2. The fourth-order valence-electron chi connectivity index (χ4n) is 4.49. The van der Waals surface area contributed by atoms with Crippen LogP contribution in [-0.4, -0.2) is 50.2 Å². The molecule has 0 aromatic heterocycles. The molecule has 2 amide bonds. The number of anilines is 1. The standard InChI is InChI=1S/C31H38N4O5S2/c1-30(2,3)34-42(38,39)27-10-8-7-9-23(27)21-13-11-20(12-14-21)18-35-25-16-15-22(40-6)17-26(25)41-19-24(28(35)36)33-29(37)31(4,5)32/h7-17,24,34H,18-19,32H2,1-6H3,(H,33,37)/t24-/m1/s1. The predicted molar refractivity (Wildman–Crippen MR) is 167 cm³/mol. The number of methoxy groups -OCH3 is 1. The van der Waals surface area contributed by atoms with Gasteiger partial charge >= 0.3 is 0 Å². The molecule has 9 nitrogen and oxygen atoms in total. The van der Waals surface area contributed by atoms with Gasteiger partial charge in [0.05, 0.1) is 29.8 Å². The molecule has 0 fully saturated rings. The number of nitrogens with two attached hydrogens (primary N) is 1. The van der Waals surface area contributed by atoms with Crippen molar-refractivity contribution in [1.82, 2.24) is 10.0 Å². The zero-order chi connectivity index (χ0) is 30.9. The van der Waals surface area contributed by atoms with Crippen LogP contribution in [0.3, 0.4) is 0 Å². The van der Waals surface area contributed by atoms with Gasteiger partial charge in [-0.25, -0.2) is 13.1 Å². The van der Waals surface area contributed by atoms with Crippen molar-refractivity contribution in [3.05, 3.63) is 72.3 Å². The number of carbonyl (C=O) groups is 2. The SMILES string of the molecule is COc1ccc2c(c1)SC[C@@H](NC(=O)C(C)(C)N)C(=O)N2Cc1ccc(-c2ccccc2S(=O)(=O)NC(C)(C)C)cc1. The number of thioether (sulfide) groups is 1. The lowest BCUT2D eigenvalue weighted by Crippen LogP contribution is -2.56. The highest BCUT2D eigenvalue weighted by atomic mass is 32.2. The molecule has 4 rings (SSSR count). The van der Waals surface area contributed by atoms with Crippen LogP contribution in [-0.2, 0) is 26.2 Å². The Morgan fingerprint density at radius 3 is 2.33 bits per heavy atom. The highest BCUT2D eigenvalue weighted by Crippen LogP contribution is 2.38. The van der Waals surface area contributed by atoms with E-state index < -0.39 is 33.1 Å². The molecule has 4 N–H and O–H groups in total. The van der Waals surface area contributed by atoms with E-state index in [2.05, 4.69) is 10.0 Å². The molecule has 0 saturated heterocycles. The van der Waals surface area contributed by atoms with Crippen molar-refractivity contribution in [2.24, 2.45) is 5.73 Å². The first-order valence-corrected chi connectivity index (χ1v) is 16.0. The van der Waals surface area contributed by atoms with Crippen LogP contribution in [0, 0.1) is 0 Å². The summed E-state index contributed by atoms with van der Waals surface area (Å²) in [5.41, 5.74) is 7.06. The van der Waals surface area contributed by atoms with Crippen molar-refractivity contribution >= 4 is 39.3 Å². The van der Waals surface area contributed by atoms with Crippen molar-refractivity contribution in [2.75, 3.05) is 17.8 Å². The topological polar surface area (TPSA) is 131 Å². The molecule has 1 aliphatic heterocycles. The average Bonchev–Trinajstić information content (AvgIpc) is 3.03. The molecule has 3 aromatic rings. The number of nitrogens with zero attached hydrogens (tertiary/aromatic N) is 1. The maximum absolute atomic E-state index is 13.8. The van der Waals surface area contributed by atoms with E-state index in [0.717, 1.165) is 16.0 Å². The zero-order valence-electron chi connectivity index (χ0n) is 24.7. The van der Waals surface area contributed by atoms with E-state index >= 15 is 0 Å². The van der Waals surface area contributed by atoms with Gasteiger partial charge in [0.2, 0.25) is 15.9 Å². The van der Waals surface area contributed by atoms with Crippen molar-refractivity contribution in [3.63, 3.8) is 0 Å². The van der Waals surface area contributed by atoms with Crippen LogP contribution in [0.5, 0.6) is 5.75 Å². The van der Waals surface area contributed by atoms with Gasteiger partial charge < -0.3 is 20.7 Å². The molecule has 1 aliphatic rings. The van der Waals surface area contributed by atoms with E-state index in [0.29, 0.717) is 22.8 Å². The summed E-state index contributed by atoms with van der Waals surface area (Å²) in [5.74, 6) is 0.337. The zero-order valence-corrected chi connectivity index (χ0v) is 26.4. The summed E-state index contributed by atoms with van der Waals surface area (Å²) in [6.07, 6.45) is 0. The summed E-state index contributed by atoms with van der Waals surface area (Å²) in [7, 11) is -2.18. The molecule has 0 unspecified atom stereocenters. The van der Waals surface area contributed by atoms with E-state index in [1.165, 1.54) is 11.8 Å². The number of rotatable bonds is 8. The summed E-state index contributed by atoms with van der Waals surface area (Å²) < 4.78 is 34.5. The van der Waals surface area contributed by atoms with Gasteiger partial charge in [-0.2, -0.15) is 0 Å². The van der Waals surface area contributed by atoms with Crippen LogP contribution in [0.4, 0.5) is 5.69 Å². The lowest BCUT2D eigenvalue weighted by Gasteiger charge is -2.28. The first kappa shape index (κ1) is 31.6. The van der Waals surface area contributed by atoms with Gasteiger partial charge in [0.15, 0.2) is 0 Å². The molecule has 1 atom stereocenters. The third-order valence-corrected chi connectivity index (χ3v) is 9.49. The second-order valence-corrected chi connectivity index (χ2v) is 14.6. The Bertz CT molecular complexity index is 1580. The Hall–Kier alpha value is -3.38. The third kappa shape index (κ3) is 7.33. The maximum Gasteiger partial charge on any atom is 0.250 e. The van der Waals surface area contributed by atoms with Crippen LogP contribution in [0.2, 0.25) is 0 Å². The predicted octanol–water partition coefficient (Wildman–Crippen LogP) is 4.30. The van der Waals surface area contributed by atoms with Gasteiger partial charge in [-0.05, 0) is 70.0 Å². The van der Waals surface area contributed by atoms with E-state index in [1.807, 2.05) is 36.4 Å². The van der Waals surface area contributed by atoms with E-state index in [9.17, 15) is 18.0 Å². The van der Waals surface area contributed by atoms with Crippen LogP contribution in [0.15, 0.2) is 76.5 Å². The minimum absolute atomic E-state index is 0.191. The van der Waals surface area contributed by atoms with Gasteiger partial charge in [0, 0.05) is 21.8 Å². The number of amides is 2. The summed E-state index contributed by atoms with van der Waals surface area (Å²) in [6, 6.07) is 19.1. The van der Waals surface area contributed by atoms with Gasteiger partial charge in [-0.1, -0.05) is 42.5 Å². The van der Waals surface area contributed by atoms with Crippen molar-refractivity contribution in [3.8, 4) is 16.9 Å². The second kappa shape index (κ2) is 12.1. The highest BCUT2D eigenvalue weighted by Gasteiger charge is 2.35. The average molecular weight is 611 g/mol. The number of carbonyl (C=O) groups excluding carboxylic acids is 2. The molecule has 0 bridgehead atoms. The number of ether oxygens (including phenoxy) is 1. The monoisotopic (exact) mass is 610 g/mol. The highest BCUT2D eigenvalue weighted by molar-refractivity contribution is 7.99. The smallest absolute Gasteiger partial charge is 0.250 e. The minimum atomic E-state index is -3.77. The molecule has 11 heteroatoms. The number of hydrogen-bond acceptors (Lipinski definition) is 7. The molecule has 42 heavy (non-hydrogen) atoms. The Labute approximate surface area is 252 Å². The first-order chi connectivity index (χ1) is 19.6. The van der Waals surface area contributed by atoms with Crippen molar-refractivity contribution in [2.45, 2.75) is 68.1 Å². The summed E-state index contributed by atoms with van der Waals surface area (Å²) in [4.78, 5) is 29.2. The largest absolute Gasteiger partial charge is 0.497 e. The molecular weight excluding hydrogens is 572 g/mol. The van der Waals surface area contributed by atoms with Crippen LogP contribution >= 0.6 is 11.8 Å². The summed E-state index contributed by atoms with van der Waals surface area (Å²) in [5, 5.41) is 2.82. The Balaban J connectivity index is 1.66. The van der Waals surface area contributed by atoms with Gasteiger partial charge in [-0.3, -0.25) is 9.59 Å². The first-order valence-electron chi connectivity index (χ1n) is 13.5. The van der Waals surface area contributed by atoms with Gasteiger partial charge in [-0.15, -0.1) is 11.8 Å². The number of hydrogen-bond donors (Lipinski definition) is 3. The molecule has 0 spiro atoms. The van der Waals surface area contributed by atoms with Gasteiger partial charge in [0.25, 0.3) is 5.91 Å². The summed E-state index contributed by atoms with van der Waals surface area (Å²) >= 11 is 1.46. The van der Waals surface area contributed by atoms with E-state index in [1.54, 1.807) is 77.0 Å². The van der Waals surface area contributed by atoms with Gasteiger partial charge in [0.1, 0.15) is 11.8 Å². The fraction of sp³-hybridized carbons (Fsp3) is 0.355. The maximum atomic E-state index is 13.8. The lowest BCUT2D eigenvalue weighted by atomic mass is 10.0. The van der Waals surface area contributed by atoms with Crippen LogP contribution < -0.4 is 25.4 Å². The van der Waals surface area contributed by atoms with Crippen LogP contribution in [0.25, 0.3) is 11.1 Å². The Kier molecular flexibility index (Phi) is 9.08. The molecule has 224 valence electrons. The Morgan fingerprint density at radius 1 is 1.05 bits per heavy atom. The number of fused-ring (bicyclic) bond motifs is 1. The molecule has 1 heterocycles. The summed E-state index contributed by atoms with van der Waals surface area (Å²) in [6.45, 7) is 8.82. The van der Waals surface area contributed by atoms with E-state index in [-0.39, 0.29) is 17.3 Å². The number of sulfonamides is 1. The third-order valence-electron chi connectivity index (χ3n) is 6.54. The molecular formula is C31H38N4O5S2. The van der Waals surface area contributed by atoms with Crippen LogP contribution in [0.1, 0.15) is 40.2 Å². The molecule has 0 aliphatic carbocycles. The quantitative estimate of drug-likeness (QED) is 0.347. The Morgan fingerprint density at radius 2 is 1.71 bits per heavy atom. The molecule has 0 radical (unpaired) electrons. The van der Waals surface area contributed by atoms with E-state index in [4.69, 9.17) is 10.5 Å². The number of benzene rings is 3. The van der Waals surface area contributed by atoms with Crippen molar-refractivity contribution < 1.29 is 22.7 Å². The lowest BCUT2D eigenvalue weighted by molar-refractivity contribution is -0.129. The normalized spacial score (nSPS) is 16.0. The minimum Gasteiger partial charge on any atom is -0.497 e. The van der Waals surface area contributed by atoms with Crippen molar-refractivity contribution in [1.29, 1.82) is 0 Å². The fourth-order valence-corrected chi connectivity index (χ4v) is 7.24.